The minimum absolute atomic E-state index is 0.0837. The number of anilines is 2. The Morgan fingerprint density at radius 1 is 1.27 bits per heavy atom. The summed E-state index contributed by atoms with van der Waals surface area (Å²) in [4.78, 5) is 21.5. The molecule has 1 aliphatic rings. The van der Waals surface area contributed by atoms with E-state index in [4.69, 9.17) is 0 Å². The third kappa shape index (κ3) is 3.89. The number of hydrogen-bond donors (Lipinski definition) is 3. The van der Waals surface area contributed by atoms with Gasteiger partial charge in [-0.25, -0.2) is 9.97 Å². The van der Waals surface area contributed by atoms with E-state index < -0.39 is 0 Å². The number of rotatable bonds is 5. The first-order valence-electron chi connectivity index (χ1n) is 9.78. The molecule has 3 aromatic heterocycles. The van der Waals surface area contributed by atoms with Crippen LogP contribution in [0.3, 0.4) is 0 Å². The Hall–Kier alpha value is -3.30. The molecule has 9 heteroatoms. The van der Waals surface area contributed by atoms with Gasteiger partial charge in [-0.3, -0.25) is 9.48 Å². The summed E-state index contributed by atoms with van der Waals surface area (Å²) in [6, 6.07) is 9.82. The standard InChI is InChI=1S/C21H21N7OS/c1-28-12-15(10-24-28)13-2-3-17-18(8-13)30-21(26-17)27-19-9-14(4-7-23-19)20(29)25-16-5-6-22-11-16/h2-4,7-10,12,16,22H,5-6,11H2,1H3,(H,25,29)(H,23,26,27)/t16-/m0/s1. The summed E-state index contributed by atoms with van der Waals surface area (Å²) in [5.41, 5.74) is 3.67. The number of nitrogens with one attached hydrogen (secondary N) is 3. The van der Waals surface area contributed by atoms with Crippen LogP contribution in [0.5, 0.6) is 0 Å². The number of carbonyl (C=O) groups excluding carboxylic acids is 1. The monoisotopic (exact) mass is 419 g/mol. The lowest BCUT2D eigenvalue weighted by molar-refractivity contribution is 0.0940. The lowest BCUT2D eigenvalue weighted by atomic mass is 10.1. The molecule has 1 saturated heterocycles. The SMILES string of the molecule is Cn1cc(-c2ccc3nc(Nc4cc(C(=O)N[C@H]5CCNC5)ccn4)sc3c2)cn1. The summed E-state index contributed by atoms with van der Waals surface area (Å²) in [5, 5.41) is 14.5. The number of amides is 1. The van der Waals surface area contributed by atoms with Crippen molar-refractivity contribution in [1.82, 2.24) is 30.4 Å². The number of fused-ring (bicyclic) bond motifs is 1. The molecule has 0 unspecified atom stereocenters. The number of nitrogens with zero attached hydrogens (tertiary/aromatic N) is 4. The van der Waals surface area contributed by atoms with Gasteiger partial charge in [0.15, 0.2) is 5.13 Å². The second kappa shape index (κ2) is 7.85. The smallest absolute Gasteiger partial charge is 0.251 e. The van der Waals surface area contributed by atoms with Crippen molar-refractivity contribution < 1.29 is 4.79 Å². The summed E-state index contributed by atoms with van der Waals surface area (Å²) < 4.78 is 2.86. The normalized spacial score (nSPS) is 16.1. The Balaban J connectivity index is 1.34. The van der Waals surface area contributed by atoms with Gasteiger partial charge in [-0.2, -0.15) is 5.10 Å². The third-order valence-corrected chi connectivity index (χ3v) is 6.01. The van der Waals surface area contributed by atoms with Crippen LogP contribution in [0.2, 0.25) is 0 Å². The third-order valence-electron chi connectivity index (χ3n) is 5.08. The second-order valence-electron chi connectivity index (χ2n) is 7.32. The summed E-state index contributed by atoms with van der Waals surface area (Å²) in [7, 11) is 1.91. The minimum atomic E-state index is -0.0837. The molecule has 0 spiro atoms. The van der Waals surface area contributed by atoms with E-state index >= 15 is 0 Å². The van der Waals surface area contributed by atoms with Gasteiger partial charge in [0.25, 0.3) is 5.91 Å². The van der Waals surface area contributed by atoms with E-state index in [1.807, 2.05) is 31.6 Å². The van der Waals surface area contributed by atoms with Crippen LogP contribution < -0.4 is 16.0 Å². The van der Waals surface area contributed by atoms with Crippen LogP contribution in [0.15, 0.2) is 48.9 Å². The molecule has 30 heavy (non-hydrogen) atoms. The highest BCUT2D eigenvalue weighted by atomic mass is 32.1. The van der Waals surface area contributed by atoms with Gasteiger partial charge in [-0.15, -0.1) is 0 Å². The minimum Gasteiger partial charge on any atom is -0.348 e. The Bertz CT molecular complexity index is 1210. The number of hydrogen-bond acceptors (Lipinski definition) is 7. The Morgan fingerprint density at radius 3 is 3.00 bits per heavy atom. The molecule has 152 valence electrons. The molecule has 8 nitrogen and oxygen atoms in total. The molecule has 5 rings (SSSR count). The zero-order chi connectivity index (χ0) is 20.5. The summed E-state index contributed by atoms with van der Waals surface area (Å²) >= 11 is 1.55. The number of benzene rings is 1. The first-order valence-corrected chi connectivity index (χ1v) is 10.6. The molecule has 3 N–H and O–H groups in total. The number of pyridine rings is 1. The van der Waals surface area contributed by atoms with E-state index in [1.165, 1.54) is 0 Å². The van der Waals surface area contributed by atoms with Crippen LogP contribution in [0.25, 0.3) is 21.3 Å². The summed E-state index contributed by atoms with van der Waals surface area (Å²) in [6.45, 7) is 1.75. The molecule has 0 saturated carbocycles. The average Bonchev–Trinajstić information content (AvgIpc) is 3.48. The average molecular weight is 420 g/mol. The van der Waals surface area contributed by atoms with Crippen LogP contribution in [0, 0.1) is 0 Å². The van der Waals surface area contributed by atoms with Crippen molar-refractivity contribution in [3.8, 4) is 11.1 Å². The van der Waals surface area contributed by atoms with E-state index in [9.17, 15) is 4.79 Å². The van der Waals surface area contributed by atoms with Crippen LogP contribution in [-0.4, -0.2) is 44.8 Å². The van der Waals surface area contributed by atoms with E-state index in [0.29, 0.717) is 11.4 Å². The fraction of sp³-hybridized carbons (Fsp3) is 0.238. The van der Waals surface area contributed by atoms with Gasteiger partial charge < -0.3 is 16.0 Å². The van der Waals surface area contributed by atoms with Crippen LogP contribution >= 0.6 is 11.3 Å². The molecule has 1 fully saturated rings. The fourth-order valence-corrected chi connectivity index (χ4v) is 4.44. The topological polar surface area (TPSA) is 96.8 Å². The molecule has 1 atom stereocenters. The number of carbonyl (C=O) groups is 1. The van der Waals surface area contributed by atoms with Gasteiger partial charge in [-0.1, -0.05) is 17.4 Å². The highest BCUT2D eigenvalue weighted by molar-refractivity contribution is 7.22. The molecule has 1 amide bonds. The summed E-state index contributed by atoms with van der Waals surface area (Å²) in [5.74, 6) is 0.512. The van der Waals surface area contributed by atoms with E-state index in [2.05, 4.69) is 37.1 Å². The number of thiazole rings is 1. The molecule has 0 aliphatic carbocycles. The van der Waals surface area contributed by atoms with Crippen molar-refractivity contribution in [2.45, 2.75) is 12.5 Å². The molecule has 4 heterocycles. The lowest BCUT2D eigenvalue weighted by Gasteiger charge is -2.11. The Labute approximate surface area is 177 Å². The largest absolute Gasteiger partial charge is 0.348 e. The van der Waals surface area contributed by atoms with Gasteiger partial charge in [0, 0.05) is 43.2 Å². The van der Waals surface area contributed by atoms with E-state index in [0.717, 1.165) is 46.0 Å². The van der Waals surface area contributed by atoms with Crippen molar-refractivity contribution >= 4 is 38.4 Å². The number of aromatic nitrogens is 4. The maximum Gasteiger partial charge on any atom is 0.251 e. The summed E-state index contributed by atoms with van der Waals surface area (Å²) in [6.07, 6.45) is 6.43. The van der Waals surface area contributed by atoms with Gasteiger partial charge in [0.2, 0.25) is 0 Å². The van der Waals surface area contributed by atoms with Gasteiger partial charge >= 0.3 is 0 Å². The first-order chi connectivity index (χ1) is 14.6. The quantitative estimate of drug-likeness (QED) is 0.460. The van der Waals surface area contributed by atoms with Crippen LogP contribution in [0.1, 0.15) is 16.8 Å². The van der Waals surface area contributed by atoms with E-state index in [1.54, 1.807) is 34.3 Å². The fourth-order valence-electron chi connectivity index (χ4n) is 3.52. The van der Waals surface area contributed by atoms with Crippen molar-refractivity contribution in [1.29, 1.82) is 0 Å². The highest BCUT2D eigenvalue weighted by Gasteiger charge is 2.18. The zero-order valence-corrected chi connectivity index (χ0v) is 17.2. The van der Waals surface area contributed by atoms with Crippen molar-refractivity contribution in [2.75, 3.05) is 18.4 Å². The van der Waals surface area contributed by atoms with E-state index in [-0.39, 0.29) is 11.9 Å². The highest BCUT2D eigenvalue weighted by Crippen LogP contribution is 2.31. The first kappa shape index (κ1) is 18.7. The predicted molar refractivity (Wildman–Crippen MR) is 118 cm³/mol. The second-order valence-corrected chi connectivity index (χ2v) is 8.35. The molecule has 1 aromatic carbocycles. The molecule has 0 radical (unpaired) electrons. The Morgan fingerprint density at radius 2 is 2.20 bits per heavy atom. The predicted octanol–water partition coefficient (Wildman–Crippen LogP) is 2.93. The van der Waals surface area contributed by atoms with Gasteiger partial charge in [0.05, 0.1) is 16.4 Å². The molecule has 0 bridgehead atoms. The number of aryl methyl sites for hydroxylation is 1. The maximum absolute atomic E-state index is 12.5. The molecular formula is C21H21N7OS. The van der Waals surface area contributed by atoms with Gasteiger partial charge in [0.1, 0.15) is 5.82 Å². The molecular weight excluding hydrogens is 398 g/mol. The lowest BCUT2D eigenvalue weighted by Crippen LogP contribution is -2.36. The van der Waals surface area contributed by atoms with Crippen molar-refractivity contribution in [3.63, 3.8) is 0 Å². The van der Waals surface area contributed by atoms with Crippen LogP contribution in [0.4, 0.5) is 10.9 Å². The van der Waals surface area contributed by atoms with Crippen molar-refractivity contribution in [2.24, 2.45) is 7.05 Å². The zero-order valence-electron chi connectivity index (χ0n) is 16.4. The molecule has 1 aliphatic heterocycles. The Kier molecular flexibility index (Phi) is 4.89. The van der Waals surface area contributed by atoms with Crippen LogP contribution in [-0.2, 0) is 7.05 Å². The maximum atomic E-state index is 12.5. The molecule has 4 aromatic rings. The van der Waals surface area contributed by atoms with Crippen molar-refractivity contribution in [3.05, 3.63) is 54.5 Å². The van der Waals surface area contributed by atoms with Gasteiger partial charge in [-0.05, 0) is 42.8 Å².